The van der Waals surface area contributed by atoms with Crippen LogP contribution in [0.15, 0.2) is 78.9 Å². The van der Waals surface area contributed by atoms with Gasteiger partial charge in [-0.1, -0.05) is 68.5 Å². The van der Waals surface area contributed by atoms with Gasteiger partial charge in [-0.05, 0) is 49.1 Å². The molecule has 1 N–H and O–H groups in total. The number of allylic oxidation sites excluding steroid dienone is 1. The minimum atomic E-state index is -1.46. The highest BCUT2D eigenvalue weighted by molar-refractivity contribution is 6.05. The number of nitrogens with zero attached hydrogens (tertiary/aromatic N) is 3. The number of hydrogen-bond donors (Lipinski definition) is 1. The van der Waals surface area contributed by atoms with Crippen LogP contribution in [0.1, 0.15) is 45.3 Å². The Hall–Kier alpha value is -4.48. The summed E-state index contributed by atoms with van der Waals surface area (Å²) in [6.45, 7) is 5.37. The number of cyclic esters (lactones) is 1. The molecule has 3 amide bonds. The zero-order chi connectivity index (χ0) is 35.0. The molecule has 4 heterocycles. The van der Waals surface area contributed by atoms with E-state index in [1.165, 1.54) is 4.90 Å². The number of aliphatic hydroxyl groups excluding tert-OH is 1. The topological polar surface area (TPSA) is 126 Å². The Bertz CT molecular complexity index is 1620. The van der Waals surface area contributed by atoms with Crippen molar-refractivity contribution in [3.63, 3.8) is 0 Å². The zero-order valence-corrected chi connectivity index (χ0v) is 28.6. The van der Waals surface area contributed by atoms with Gasteiger partial charge in [0.15, 0.2) is 0 Å². The monoisotopic (exact) mass is 671 g/mol. The van der Waals surface area contributed by atoms with Gasteiger partial charge in [-0.3, -0.25) is 19.2 Å². The summed E-state index contributed by atoms with van der Waals surface area (Å²) >= 11 is 0. The van der Waals surface area contributed by atoms with Crippen molar-refractivity contribution in [3.05, 3.63) is 84.5 Å². The third-order valence-electron chi connectivity index (χ3n) is 10.6. The lowest BCUT2D eigenvalue weighted by atomic mass is 9.74. The Kier molecular flexibility index (Phi) is 9.68. The van der Waals surface area contributed by atoms with Gasteiger partial charge in [0.1, 0.15) is 29.4 Å². The van der Waals surface area contributed by atoms with Crippen molar-refractivity contribution in [1.82, 2.24) is 9.80 Å². The number of rotatable bonds is 6. The van der Waals surface area contributed by atoms with Gasteiger partial charge in [-0.2, -0.15) is 0 Å². The summed E-state index contributed by atoms with van der Waals surface area (Å²) < 4.78 is 18.2. The van der Waals surface area contributed by atoms with Crippen LogP contribution in [-0.2, 0) is 28.7 Å². The van der Waals surface area contributed by atoms with Crippen LogP contribution in [0.3, 0.4) is 0 Å². The number of ether oxygens (including phenoxy) is 3. The van der Waals surface area contributed by atoms with E-state index in [9.17, 15) is 19.5 Å². The van der Waals surface area contributed by atoms with Crippen LogP contribution in [0.4, 0.5) is 5.69 Å². The smallest absolute Gasteiger partial charge is 0.313 e. The van der Waals surface area contributed by atoms with Crippen LogP contribution in [0.5, 0.6) is 5.75 Å². The van der Waals surface area contributed by atoms with Gasteiger partial charge in [0.25, 0.3) is 5.91 Å². The Morgan fingerprint density at radius 1 is 1.00 bits per heavy atom. The second kappa shape index (κ2) is 13.8. The van der Waals surface area contributed by atoms with Crippen molar-refractivity contribution in [3.8, 4) is 5.75 Å². The average Bonchev–Trinajstić information content (AvgIpc) is 3.75. The van der Waals surface area contributed by atoms with E-state index in [1.807, 2.05) is 63.3 Å². The number of carbonyl (C=O) groups excluding carboxylic acids is 4. The van der Waals surface area contributed by atoms with Crippen LogP contribution in [-0.4, -0.2) is 95.7 Å². The first kappa shape index (κ1) is 34.4. The van der Waals surface area contributed by atoms with Crippen molar-refractivity contribution in [2.75, 3.05) is 32.2 Å². The van der Waals surface area contributed by atoms with Crippen LogP contribution in [0, 0.1) is 17.8 Å². The van der Waals surface area contributed by atoms with Crippen LogP contribution >= 0.6 is 0 Å². The number of carbonyl (C=O) groups is 4. The van der Waals surface area contributed by atoms with Gasteiger partial charge < -0.3 is 34.0 Å². The number of benzene rings is 2. The third-order valence-corrected chi connectivity index (χ3v) is 10.6. The minimum absolute atomic E-state index is 0.125. The number of amides is 3. The maximum Gasteiger partial charge on any atom is 0.313 e. The van der Waals surface area contributed by atoms with E-state index in [-0.39, 0.29) is 31.4 Å². The lowest BCUT2D eigenvalue weighted by Crippen LogP contribution is -2.59. The summed E-state index contributed by atoms with van der Waals surface area (Å²) in [4.78, 5) is 62.1. The third kappa shape index (κ3) is 5.93. The van der Waals surface area contributed by atoms with E-state index in [4.69, 9.17) is 14.2 Å². The molecular weight excluding hydrogens is 626 g/mol. The van der Waals surface area contributed by atoms with Crippen LogP contribution in [0.2, 0.25) is 0 Å². The quantitative estimate of drug-likeness (QED) is 0.365. The normalized spacial score (nSPS) is 31.7. The van der Waals surface area contributed by atoms with Crippen molar-refractivity contribution in [2.45, 2.75) is 69.5 Å². The summed E-state index contributed by atoms with van der Waals surface area (Å²) in [5.74, 6) is -3.34. The maximum atomic E-state index is 15.0. The molecule has 2 saturated heterocycles. The molecule has 1 spiro atoms. The predicted molar refractivity (Wildman–Crippen MR) is 181 cm³/mol. The molecule has 2 aromatic rings. The minimum Gasteiger partial charge on any atom is -0.497 e. The molecule has 11 heteroatoms. The van der Waals surface area contributed by atoms with Crippen molar-refractivity contribution >= 4 is 29.4 Å². The molecule has 0 unspecified atom stereocenters. The van der Waals surface area contributed by atoms with Crippen molar-refractivity contribution in [1.29, 1.82) is 0 Å². The van der Waals surface area contributed by atoms with Gasteiger partial charge in [-0.25, -0.2) is 0 Å². The Labute approximate surface area is 287 Å². The summed E-state index contributed by atoms with van der Waals surface area (Å²) in [5, 5.41) is 10.6. The Balaban J connectivity index is 1.49. The van der Waals surface area contributed by atoms with Gasteiger partial charge in [0.2, 0.25) is 11.8 Å². The summed E-state index contributed by atoms with van der Waals surface area (Å²) in [6, 6.07) is 13.8. The van der Waals surface area contributed by atoms with Gasteiger partial charge in [-0.15, -0.1) is 0 Å². The molecule has 0 aliphatic carbocycles. The lowest BCUT2D eigenvalue weighted by molar-refractivity contribution is -0.164. The molecule has 11 nitrogen and oxygen atoms in total. The summed E-state index contributed by atoms with van der Waals surface area (Å²) in [6.07, 6.45) is 6.20. The molecule has 0 saturated carbocycles. The Morgan fingerprint density at radius 2 is 1.71 bits per heavy atom. The first-order valence-corrected chi connectivity index (χ1v) is 17.0. The molecule has 4 aliphatic heterocycles. The van der Waals surface area contributed by atoms with E-state index >= 15 is 4.79 Å². The number of anilines is 1. The molecule has 260 valence electrons. The molecule has 6 rings (SSSR count). The molecule has 4 aliphatic rings. The number of esters is 1. The number of fused-ring (bicyclic) bond motifs is 2. The van der Waals surface area contributed by atoms with E-state index in [0.717, 1.165) is 0 Å². The average molecular weight is 672 g/mol. The number of methoxy groups -OCH3 is 1. The molecule has 0 radical (unpaired) electrons. The first-order chi connectivity index (χ1) is 23.5. The molecule has 0 aromatic heterocycles. The van der Waals surface area contributed by atoms with Crippen molar-refractivity contribution in [2.24, 2.45) is 17.8 Å². The fourth-order valence-electron chi connectivity index (χ4n) is 7.77. The van der Waals surface area contributed by atoms with Gasteiger partial charge >= 0.3 is 5.97 Å². The SMILES string of the molecule is COc1ccc(N2C/C=C\CCC(=O)N(C)[C@@H](C)[C@H](c3ccccc3)OC(=O)[C@@H]3[C@H]4C(=O)N([C@@H](CO)C(C)C)[C@H](C2=O)[C@]42C=C[C@H]3O2)cc1. The van der Waals surface area contributed by atoms with Crippen LogP contribution in [0.25, 0.3) is 0 Å². The van der Waals surface area contributed by atoms with E-state index in [0.29, 0.717) is 23.4 Å². The fraction of sp³-hybridized carbons (Fsp3) is 0.474. The molecule has 5 bridgehead atoms. The molecule has 2 aromatic carbocycles. The second-order valence-corrected chi connectivity index (χ2v) is 13.6. The number of likely N-dealkylation sites (N-methyl/N-ethyl adjacent to an activating group) is 1. The Morgan fingerprint density at radius 3 is 2.37 bits per heavy atom. The highest BCUT2D eigenvalue weighted by Gasteiger charge is 2.74. The number of likely N-dealkylation sites (tertiary alicyclic amines) is 1. The number of aliphatic hydroxyl groups is 1. The molecule has 8 atom stereocenters. The fourth-order valence-corrected chi connectivity index (χ4v) is 7.77. The maximum absolute atomic E-state index is 15.0. The van der Waals surface area contributed by atoms with E-state index in [1.54, 1.807) is 60.4 Å². The summed E-state index contributed by atoms with van der Waals surface area (Å²) in [7, 11) is 3.25. The standard InChI is InChI=1S/C38H45N3O8/c1-23(2)28(22-42)41-34-36(45)40(26-15-17-27(47-5)18-16-26)21-11-7-10-14-30(43)39(4)24(3)33(25-12-8-6-9-13-25)48-37(46)31-29-19-20-38(34,49-29)32(31)35(41)44/h6-9,11-13,15-20,23-24,28-29,31-34,42H,10,14,21-22H2,1-5H3/b11-7-/t24-,28-,29+,31-,32-,33+,34+,38-/m0/s1. The van der Waals surface area contributed by atoms with Crippen molar-refractivity contribution < 1.29 is 38.5 Å². The van der Waals surface area contributed by atoms with Gasteiger partial charge in [0, 0.05) is 25.7 Å². The first-order valence-electron chi connectivity index (χ1n) is 17.0. The molecule has 2 fully saturated rings. The largest absolute Gasteiger partial charge is 0.497 e. The zero-order valence-electron chi connectivity index (χ0n) is 28.6. The lowest BCUT2D eigenvalue weighted by Gasteiger charge is -2.40. The van der Waals surface area contributed by atoms with Gasteiger partial charge in [0.05, 0.1) is 37.8 Å². The highest BCUT2D eigenvalue weighted by Crippen LogP contribution is 2.56. The number of hydrogen-bond acceptors (Lipinski definition) is 8. The highest BCUT2D eigenvalue weighted by atomic mass is 16.6. The molecular formula is C38H45N3O8. The second-order valence-electron chi connectivity index (χ2n) is 13.6. The van der Waals surface area contributed by atoms with E-state index < -0.39 is 65.6 Å². The van der Waals surface area contributed by atoms with Crippen LogP contribution < -0.4 is 9.64 Å². The predicted octanol–water partition coefficient (Wildman–Crippen LogP) is 3.68. The van der Waals surface area contributed by atoms with E-state index in [2.05, 4.69) is 0 Å². The summed E-state index contributed by atoms with van der Waals surface area (Å²) in [5.41, 5.74) is -0.195. The molecule has 49 heavy (non-hydrogen) atoms.